The van der Waals surface area contributed by atoms with Crippen LogP contribution in [0, 0.1) is 0 Å². The molecule has 0 aliphatic carbocycles. The van der Waals surface area contributed by atoms with Crippen LogP contribution in [-0.4, -0.2) is 23.5 Å². The number of hydrogen-bond donors (Lipinski definition) is 1. The highest BCUT2D eigenvalue weighted by Crippen LogP contribution is 2.34. The van der Waals surface area contributed by atoms with Gasteiger partial charge in [-0.3, -0.25) is 4.90 Å². The van der Waals surface area contributed by atoms with E-state index in [0.29, 0.717) is 0 Å². The lowest BCUT2D eigenvalue weighted by molar-refractivity contribution is -0.137. The van der Waals surface area contributed by atoms with Crippen molar-refractivity contribution in [1.29, 1.82) is 0 Å². The van der Waals surface area contributed by atoms with Crippen molar-refractivity contribution in [3.63, 3.8) is 0 Å². The molecule has 0 radical (unpaired) electrons. The first-order valence-electron chi connectivity index (χ1n) is 7.41. The number of likely N-dealkylation sites (tertiary alicyclic amines) is 1. The van der Waals surface area contributed by atoms with Crippen LogP contribution >= 0.6 is 0 Å². The van der Waals surface area contributed by atoms with Gasteiger partial charge in [0.05, 0.1) is 5.56 Å². The summed E-state index contributed by atoms with van der Waals surface area (Å²) in [5.74, 6) is 0. The van der Waals surface area contributed by atoms with Gasteiger partial charge >= 0.3 is 6.18 Å². The van der Waals surface area contributed by atoms with Crippen molar-refractivity contribution in [1.82, 2.24) is 4.90 Å². The Morgan fingerprint density at radius 2 is 1.52 bits per heavy atom. The molecule has 5 heteroatoms. The van der Waals surface area contributed by atoms with Gasteiger partial charge in [0.2, 0.25) is 0 Å². The first kappa shape index (κ1) is 16.3. The second-order valence-corrected chi connectivity index (χ2v) is 6.30. The molecule has 1 fully saturated rings. The normalized spacial score (nSPS) is 19.5. The van der Waals surface area contributed by atoms with Crippen molar-refractivity contribution < 1.29 is 13.2 Å². The Kier molecular flexibility index (Phi) is 4.63. The molecule has 1 aromatic carbocycles. The van der Waals surface area contributed by atoms with Gasteiger partial charge in [-0.15, -0.1) is 0 Å². The molecule has 0 aromatic heterocycles. The van der Waals surface area contributed by atoms with E-state index in [1.54, 1.807) is 0 Å². The van der Waals surface area contributed by atoms with E-state index in [1.807, 2.05) is 0 Å². The molecule has 21 heavy (non-hydrogen) atoms. The number of halogens is 3. The fourth-order valence-electron chi connectivity index (χ4n) is 2.95. The fraction of sp³-hybridized carbons (Fsp3) is 0.625. The molecule has 0 amide bonds. The second kappa shape index (κ2) is 5.97. The third-order valence-corrected chi connectivity index (χ3v) is 4.53. The fourth-order valence-corrected chi connectivity index (χ4v) is 2.95. The second-order valence-electron chi connectivity index (χ2n) is 6.30. The molecule has 1 aliphatic heterocycles. The van der Waals surface area contributed by atoms with E-state index in [1.165, 1.54) is 18.6 Å². The summed E-state index contributed by atoms with van der Waals surface area (Å²) in [6.45, 7) is 6.14. The zero-order chi connectivity index (χ0) is 15.7. The number of alkyl halides is 3. The lowest BCUT2D eigenvalue weighted by atomic mass is 9.86. The number of nitrogens with zero attached hydrogens (tertiary/aromatic N) is 1. The first-order valence-corrected chi connectivity index (χ1v) is 7.41. The van der Waals surface area contributed by atoms with Crippen molar-refractivity contribution >= 4 is 0 Å². The molecule has 1 aromatic rings. The van der Waals surface area contributed by atoms with Crippen LogP contribution in [0.5, 0.6) is 0 Å². The molecule has 118 valence electrons. The summed E-state index contributed by atoms with van der Waals surface area (Å²) in [4.78, 5) is 2.35. The minimum Gasteiger partial charge on any atom is -0.322 e. The van der Waals surface area contributed by atoms with Crippen LogP contribution in [0.4, 0.5) is 13.2 Å². The van der Waals surface area contributed by atoms with Gasteiger partial charge < -0.3 is 5.73 Å². The number of piperidine rings is 1. The van der Waals surface area contributed by atoms with Gasteiger partial charge in [0, 0.05) is 11.6 Å². The molecule has 2 nitrogen and oxygen atoms in total. The largest absolute Gasteiger partial charge is 0.416 e. The van der Waals surface area contributed by atoms with Crippen molar-refractivity contribution in [3.05, 3.63) is 35.4 Å². The van der Waals surface area contributed by atoms with E-state index < -0.39 is 11.7 Å². The zero-order valence-electron chi connectivity index (χ0n) is 12.6. The number of nitrogens with two attached hydrogens (primary N) is 1. The van der Waals surface area contributed by atoms with Crippen molar-refractivity contribution in [2.75, 3.05) is 13.1 Å². The van der Waals surface area contributed by atoms with Gasteiger partial charge in [-0.05, 0) is 57.5 Å². The molecule has 2 rings (SSSR count). The maximum Gasteiger partial charge on any atom is 0.416 e. The number of rotatable bonds is 3. The van der Waals surface area contributed by atoms with Crippen LogP contribution in [0.15, 0.2) is 24.3 Å². The Balaban J connectivity index is 2.16. The lowest BCUT2D eigenvalue weighted by Crippen LogP contribution is -2.53. The SMILES string of the molecule is CC(C)(C(N)c1ccc(C(F)(F)F)cc1)N1CCCCC1. The summed E-state index contributed by atoms with van der Waals surface area (Å²) >= 11 is 0. The quantitative estimate of drug-likeness (QED) is 0.915. The van der Waals surface area contributed by atoms with Crippen molar-refractivity contribution in [2.45, 2.75) is 50.9 Å². The molecule has 1 aliphatic rings. The van der Waals surface area contributed by atoms with Crippen LogP contribution in [0.2, 0.25) is 0 Å². The molecule has 0 bridgehead atoms. The van der Waals surface area contributed by atoms with E-state index in [0.717, 1.165) is 43.6 Å². The number of benzene rings is 1. The summed E-state index contributed by atoms with van der Waals surface area (Å²) in [5.41, 5.74) is 6.19. The predicted octanol–water partition coefficient (Wildman–Crippen LogP) is 3.97. The van der Waals surface area contributed by atoms with E-state index in [4.69, 9.17) is 5.73 Å². The summed E-state index contributed by atoms with van der Waals surface area (Å²) in [7, 11) is 0. The molecule has 1 saturated heterocycles. The monoisotopic (exact) mass is 300 g/mol. The summed E-state index contributed by atoms with van der Waals surface area (Å²) in [6.07, 6.45) is -0.751. The van der Waals surface area contributed by atoms with Crippen LogP contribution in [-0.2, 0) is 6.18 Å². The third-order valence-electron chi connectivity index (χ3n) is 4.53. The lowest BCUT2D eigenvalue weighted by Gasteiger charge is -2.44. The Bertz CT molecular complexity index is 459. The van der Waals surface area contributed by atoms with Crippen LogP contribution in [0.3, 0.4) is 0 Å². The Morgan fingerprint density at radius 3 is 2.00 bits per heavy atom. The summed E-state index contributed by atoms with van der Waals surface area (Å²) < 4.78 is 37.8. The highest BCUT2D eigenvalue weighted by atomic mass is 19.4. The van der Waals surface area contributed by atoms with Gasteiger partial charge in [-0.2, -0.15) is 13.2 Å². The van der Waals surface area contributed by atoms with Crippen LogP contribution < -0.4 is 5.73 Å². The van der Waals surface area contributed by atoms with Gasteiger partial charge in [-0.1, -0.05) is 18.6 Å². The maximum atomic E-state index is 12.6. The molecule has 0 saturated carbocycles. The molecule has 1 unspecified atom stereocenters. The van der Waals surface area contributed by atoms with Crippen molar-refractivity contribution in [3.8, 4) is 0 Å². The first-order chi connectivity index (χ1) is 9.73. The molecular formula is C16H23F3N2. The summed E-state index contributed by atoms with van der Waals surface area (Å²) in [6, 6.07) is 4.92. The smallest absolute Gasteiger partial charge is 0.322 e. The van der Waals surface area contributed by atoms with E-state index in [9.17, 15) is 13.2 Å². The molecule has 1 atom stereocenters. The van der Waals surface area contributed by atoms with Crippen LogP contribution in [0.25, 0.3) is 0 Å². The topological polar surface area (TPSA) is 29.3 Å². The summed E-state index contributed by atoms with van der Waals surface area (Å²) in [5, 5.41) is 0. The van der Waals surface area contributed by atoms with Crippen LogP contribution in [0.1, 0.15) is 50.3 Å². The number of hydrogen-bond acceptors (Lipinski definition) is 2. The molecule has 1 heterocycles. The van der Waals surface area contributed by atoms with Gasteiger partial charge in [0.15, 0.2) is 0 Å². The zero-order valence-corrected chi connectivity index (χ0v) is 12.6. The average Bonchev–Trinajstić information content (AvgIpc) is 2.46. The van der Waals surface area contributed by atoms with E-state index >= 15 is 0 Å². The van der Waals surface area contributed by atoms with Gasteiger partial charge in [-0.25, -0.2) is 0 Å². The highest BCUT2D eigenvalue weighted by Gasteiger charge is 2.35. The standard InChI is InChI=1S/C16H23F3N2/c1-15(2,21-10-4-3-5-11-21)14(20)12-6-8-13(9-7-12)16(17,18)19/h6-9,14H,3-5,10-11,20H2,1-2H3. The Morgan fingerprint density at radius 1 is 1.00 bits per heavy atom. The minimum atomic E-state index is -4.30. The van der Waals surface area contributed by atoms with Gasteiger partial charge in [0.1, 0.15) is 0 Å². The van der Waals surface area contributed by atoms with Crippen molar-refractivity contribution in [2.24, 2.45) is 5.73 Å². The van der Waals surface area contributed by atoms with Gasteiger partial charge in [0.25, 0.3) is 0 Å². The highest BCUT2D eigenvalue weighted by molar-refractivity contribution is 5.28. The Hall–Kier alpha value is -1.07. The van der Waals surface area contributed by atoms with E-state index in [2.05, 4.69) is 18.7 Å². The average molecular weight is 300 g/mol. The molecular weight excluding hydrogens is 277 g/mol. The third kappa shape index (κ3) is 3.58. The van der Waals surface area contributed by atoms with E-state index in [-0.39, 0.29) is 11.6 Å². The maximum absolute atomic E-state index is 12.6. The minimum absolute atomic E-state index is 0.264. The Labute approximate surface area is 124 Å². The molecule has 2 N–H and O–H groups in total. The predicted molar refractivity (Wildman–Crippen MR) is 77.9 cm³/mol. The molecule has 0 spiro atoms.